The summed E-state index contributed by atoms with van der Waals surface area (Å²) in [6.07, 6.45) is 2.62. The van der Waals surface area contributed by atoms with E-state index in [4.69, 9.17) is 29.9 Å². The van der Waals surface area contributed by atoms with E-state index in [1.165, 1.54) is 0 Å². The molecule has 1 aromatic rings. The van der Waals surface area contributed by atoms with Crippen molar-refractivity contribution in [1.82, 2.24) is 9.80 Å². The lowest BCUT2D eigenvalue weighted by Crippen LogP contribution is -2.47. The van der Waals surface area contributed by atoms with E-state index >= 15 is 0 Å². The Kier molecular flexibility index (Phi) is 19.5. The van der Waals surface area contributed by atoms with Gasteiger partial charge in [0.15, 0.2) is 5.78 Å². The van der Waals surface area contributed by atoms with E-state index in [1.54, 1.807) is 19.1 Å². The SMILES string of the molecule is CCCOCc1cc(C(C)=O)ccc1OCC(O)CN1CCN(C)CC1.O=C(O)/C=C\C(=O)O.O=C(O)/C=C\C(=O)O. The third-order valence-corrected chi connectivity index (χ3v) is 5.31. The molecule has 1 atom stereocenters. The van der Waals surface area contributed by atoms with Crippen molar-refractivity contribution in [2.45, 2.75) is 33.0 Å². The highest BCUT2D eigenvalue weighted by Gasteiger charge is 2.18. The van der Waals surface area contributed by atoms with Gasteiger partial charge in [0.05, 0.1) is 6.61 Å². The topological polar surface area (TPSA) is 211 Å². The molecule has 1 aliphatic heterocycles. The summed E-state index contributed by atoms with van der Waals surface area (Å²) in [5, 5.41) is 41.6. The van der Waals surface area contributed by atoms with Crippen molar-refractivity contribution in [2.75, 3.05) is 53.0 Å². The number of carboxylic acid groups (broad SMARTS) is 4. The van der Waals surface area contributed by atoms with Crippen LogP contribution in [-0.4, -0.2) is 124 Å². The number of carbonyl (C=O) groups excluding carboxylic acids is 1. The summed E-state index contributed by atoms with van der Waals surface area (Å²) in [7, 11) is 2.11. The van der Waals surface area contributed by atoms with Gasteiger partial charge in [0, 0.05) is 74.8 Å². The second-order valence-electron chi connectivity index (χ2n) is 9.02. The minimum Gasteiger partial charge on any atom is -0.490 e. The van der Waals surface area contributed by atoms with E-state index in [0.717, 1.165) is 38.2 Å². The predicted molar refractivity (Wildman–Crippen MR) is 151 cm³/mol. The summed E-state index contributed by atoms with van der Waals surface area (Å²) in [5.74, 6) is -4.34. The Balaban J connectivity index is 0.000000861. The number of hydrogen-bond acceptors (Lipinski definition) is 10. The van der Waals surface area contributed by atoms with Crippen molar-refractivity contribution in [3.63, 3.8) is 0 Å². The molecular weight excluding hydrogens is 556 g/mol. The number of Topliss-reactive ketones (excluding diaryl/α,β-unsaturated/α-hetero) is 1. The Labute approximate surface area is 244 Å². The number of likely N-dealkylation sites (N-methyl/N-ethyl adjacent to an activating group) is 1. The number of rotatable bonds is 14. The fourth-order valence-electron chi connectivity index (χ4n) is 3.23. The smallest absolute Gasteiger partial charge is 0.328 e. The molecule has 5 N–H and O–H groups in total. The Morgan fingerprint density at radius 2 is 1.38 bits per heavy atom. The fourth-order valence-corrected chi connectivity index (χ4v) is 3.23. The molecular formula is C28H40N2O12. The van der Waals surface area contributed by atoms with Crippen molar-refractivity contribution in [3.05, 3.63) is 53.6 Å². The highest BCUT2D eigenvalue weighted by atomic mass is 16.5. The summed E-state index contributed by atoms with van der Waals surface area (Å²) >= 11 is 0. The first-order chi connectivity index (χ1) is 19.7. The average Bonchev–Trinajstić information content (AvgIpc) is 2.92. The zero-order valence-electron chi connectivity index (χ0n) is 24.0. The van der Waals surface area contributed by atoms with E-state index in [9.17, 15) is 29.1 Å². The van der Waals surface area contributed by atoms with E-state index in [0.29, 0.717) is 55.4 Å². The zero-order valence-corrected chi connectivity index (χ0v) is 24.0. The van der Waals surface area contributed by atoms with Crippen molar-refractivity contribution in [2.24, 2.45) is 0 Å². The number of benzene rings is 1. The van der Waals surface area contributed by atoms with Crippen LogP contribution in [0.4, 0.5) is 0 Å². The molecule has 1 heterocycles. The highest BCUT2D eigenvalue weighted by Crippen LogP contribution is 2.22. The monoisotopic (exact) mass is 596 g/mol. The van der Waals surface area contributed by atoms with Crippen LogP contribution in [0.5, 0.6) is 5.75 Å². The van der Waals surface area contributed by atoms with Crippen LogP contribution in [0.1, 0.15) is 36.2 Å². The Morgan fingerprint density at radius 3 is 1.81 bits per heavy atom. The fraction of sp³-hybridized carbons (Fsp3) is 0.464. The normalized spacial score (nSPS) is 14.3. The molecule has 1 unspecified atom stereocenters. The molecule has 0 amide bonds. The summed E-state index contributed by atoms with van der Waals surface area (Å²) in [6.45, 7) is 9.50. The number of hydrogen-bond donors (Lipinski definition) is 5. The molecule has 0 radical (unpaired) electrons. The van der Waals surface area contributed by atoms with Crippen molar-refractivity contribution < 1.29 is 59.0 Å². The van der Waals surface area contributed by atoms with Gasteiger partial charge >= 0.3 is 23.9 Å². The molecule has 234 valence electrons. The Hall–Kier alpha value is -4.11. The molecule has 0 aromatic heterocycles. The van der Waals surface area contributed by atoms with Crippen LogP contribution in [-0.2, 0) is 30.5 Å². The molecule has 1 saturated heterocycles. The molecule has 2 rings (SSSR count). The average molecular weight is 597 g/mol. The van der Waals surface area contributed by atoms with Crippen LogP contribution in [0.2, 0.25) is 0 Å². The van der Waals surface area contributed by atoms with Gasteiger partial charge in [0.2, 0.25) is 0 Å². The lowest BCUT2D eigenvalue weighted by Gasteiger charge is -2.33. The zero-order chi connectivity index (χ0) is 32.1. The van der Waals surface area contributed by atoms with Crippen LogP contribution in [0.3, 0.4) is 0 Å². The quantitative estimate of drug-likeness (QED) is 0.116. The maximum Gasteiger partial charge on any atom is 0.328 e. The first-order valence-corrected chi connectivity index (χ1v) is 13.0. The Bertz CT molecular complexity index is 1010. The number of ether oxygens (including phenoxy) is 2. The molecule has 42 heavy (non-hydrogen) atoms. The van der Waals surface area contributed by atoms with Gasteiger partial charge < -0.3 is 39.9 Å². The molecule has 0 spiro atoms. The van der Waals surface area contributed by atoms with Gasteiger partial charge in [-0.1, -0.05) is 6.92 Å². The van der Waals surface area contributed by atoms with Gasteiger partial charge in [-0.3, -0.25) is 9.69 Å². The number of β-amino-alcohol motifs (C(OH)–C–C–N with tert-alkyl or cyclic N) is 1. The van der Waals surface area contributed by atoms with Gasteiger partial charge in [0.25, 0.3) is 0 Å². The van der Waals surface area contributed by atoms with E-state index in [2.05, 4.69) is 23.8 Å². The van der Waals surface area contributed by atoms with Crippen molar-refractivity contribution >= 4 is 29.7 Å². The maximum absolute atomic E-state index is 11.6. The highest BCUT2D eigenvalue weighted by molar-refractivity contribution is 5.94. The number of aliphatic hydroxyl groups is 1. The molecule has 14 nitrogen and oxygen atoms in total. The lowest BCUT2D eigenvalue weighted by atomic mass is 10.1. The van der Waals surface area contributed by atoms with Gasteiger partial charge in [-0.25, -0.2) is 19.2 Å². The number of nitrogens with zero attached hydrogens (tertiary/aromatic N) is 2. The number of piperazine rings is 1. The molecule has 1 aliphatic rings. The molecule has 0 saturated carbocycles. The van der Waals surface area contributed by atoms with Gasteiger partial charge in [0.1, 0.15) is 18.5 Å². The summed E-state index contributed by atoms with van der Waals surface area (Å²) in [6, 6.07) is 5.37. The first kappa shape index (κ1) is 37.9. The second-order valence-corrected chi connectivity index (χ2v) is 9.02. The predicted octanol–water partition coefficient (Wildman–Crippen LogP) is 1.23. The summed E-state index contributed by atoms with van der Waals surface area (Å²) < 4.78 is 11.5. The third kappa shape index (κ3) is 19.9. The van der Waals surface area contributed by atoms with Crippen LogP contribution < -0.4 is 4.74 Å². The maximum atomic E-state index is 11.6. The van der Waals surface area contributed by atoms with Gasteiger partial charge in [-0.15, -0.1) is 0 Å². The number of aliphatic carboxylic acids is 4. The minimum atomic E-state index is -1.26. The van der Waals surface area contributed by atoms with Crippen molar-refractivity contribution in [3.8, 4) is 5.75 Å². The van der Waals surface area contributed by atoms with E-state index < -0.39 is 30.0 Å². The minimum absolute atomic E-state index is 0.0170. The number of carboxylic acids is 4. The standard InChI is InChI=1S/C20H32N2O4.2C4H4O4/c1-4-11-25-14-18-12-17(16(2)23)5-6-20(18)26-15-19(24)13-22-9-7-21(3)8-10-22;2*5-3(6)1-2-4(7)8/h5-6,12,19,24H,4,7-11,13-15H2,1-3H3;2*1-2H,(H,5,6)(H,7,8)/b;2*2-1-. The van der Waals surface area contributed by atoms with Crippen LogP contribution in [0, 0.1) is 0 Å². The van der Waals surface area contributed by atoms with Gasteiger partial charge in [-0.2, -0.15) is 0 Å². The Morgan fingerprint density at radius 1 is 0.881 bits per heavy atom. The van der Waals surface area contributed by atoms with Crippen LogP contribution in [0.25, 0.3) is 0 Å². The molecule has 0 aliphatic carbocycles. The van der Waals surface area contributed by atoms with Gasteiger partial charge in [-0.05, 0) is 38.6 Å². The molecule has 1 aromatic carbocycles. The van der Waals surface area contributed by atoms with E-state index in [1.807, 2.05) is 6.07 Å². The molecule has 14 heteroatoms. The number of ketones is 1. The first-order valence-electron chi connectivity index (χ1n) is 13.0. The van der Waals surface area contributed by atoms with Crippen LogP contribution in [0.15, 0.2) is 42.5 Å². The molecule has 0 bridgehead atoms. The van der Waals surface area contributed by atoms with E-state index in [-0.39, 0.29) is 12.4 Å². The largest absolute Gasteiger partial charge is 0.490 e. The third-order valence-electron chi connectivity index (χ3n) is 5.31. The van der Waals surface area contributed by atoms with Crippen molar-refractivity contribution in [1.29, 1.82) is 0 Å². The lowest BCUT2D eigenvalue weighted by molar-refractivity contribution is -0.134. The summed E-state index contributed by atoms with van der Waals surface area (Å²) in [4.78, 5) is 54.4. The number of aliphatic hydroxyl groups excluding tert-OH is 1. The number of carbonyl (C=O) groups is 5. The molecule has 1 fully saturated rings. The second kappa shape index (κ2) is 21.6. The van der Waals surface area contributed by atoms with Crippen LogP contribution >= 0.6 is 0 Å². The summed E-state index contributed by atoms with van der Waals surface area (Å²) in [5.41, 5.74) is 1.49.